The van der Waals surface area contributed by atoms with Crippen LogP contribution in [0.1, 0.15) is 17.5 Å². The van der Waals surface area contributed by atoms with Crippen LogP contribution in [0.25, 0.3) is 0 Å². The maximum absolute atomic E-state index is 12.7. The number of amides is 1. The van der Waals surface area contributed by atoms with Gasteiger partial charge in [0, 0.05) is 17.7 Å². The van der Waals surface area contributed by atoms with E-state index in [1.54, 1.807) is 24.3 Å². The molecule has 1 aliphatic heterocycles. The lowest BCUT2D eigenvalue weighted by Crippen LogP contribution is -2.28. The molecular weight excluding hydrogens is 349 g/mol. The van der Waals surface area contributed by atoms with Crippen molar-refractivity contribution < 1.29 is 27.5 Å². The molecule has 0 spiro atoms. The van der Waals surface area contributed by atoms with Gasteiger partial charge in [-0.3, -0.25) is 4.79 Å². The number of methoxy groups -OCH3 is 1. The Labute approximate surface area is 147 Å². The Morgan fingerprint density at radius 2 is 2.00 bits per heavy atom. The molecule has 0 aromatic heterocycles. The van der Waals surface area contributed by atoms with Crippen molar-refractivity contribution in [3.8, 4) is 5.75 Å². The van der Waals surface area contributed by atoms with E-state index in [2.05, 4.69) is 10.5 Å². The number of nitrogens with one attached hydrogen (secondary N) is 1. The van der Waals surface area contributed by atoms with Crippen LogP contribution in [0.4, 0.5) is 18.9 Å². The standard InChI is InChI=1S/C18H15F3N2O3/c1-25-15-8-3-2-7-13(15)14-10-16(26-23-14)17(24)22-12-6-4-5-11(9-12)18(19,20)21/h2-9,16H,10H2,1H3,(H,22,24)/t16-/m1/s1. The van der Waals surface area contributed by atoms with E-state index in [1.807, 2.05) is 0 Å². The molecule has 0 unspecified atom stereocenters. The van der Waals surface area contributed by atoms with E-state index >= 15 is 0 Å². The van der Waals surface area contributed by atoms with Gasteiger partial charge in [0.1, 0.15) is 5.75 Å². The molecule has 1 amide bonds. The van der Waals surface area contributed by atoms with Crippen molar-refractivity contribution in [2.24, 2.45) is 5.16 Å². The summed E-state index contributed by atoms with van der Waals surface area (Å²) >= 11 is 0. The quantitative estimate of drug-likeness (QED) is 0.897. The van der Waals surface area contributed by atoms with Crippen molar-refractivity contribution in [2.75, 3.05) is 12.4 Å². The molecule has 2 aromatic carbocycles. The maximum atomic E-state index is 12.7. The summed E-state index contributed by atoms with van der Waals surface area (Å²) in [6.45, 7) is 0. The van der Waals surface area contributed by atoms with E-state index in [9.17, 15) is 18.0 Å². The number of para-hydroxylation sites is 1. The normalized spacial score (nSPS) is 16.6. The first-order valence-corrected chi connectivity index (χ1v) is 7.72. The molecule has 1 N–H and O–H groups in total. The summed E-state index contributed by atoms with van der Waals surface area (Å²) < 4.78 is 43.5. The minimum Gasteiger partial charge on any atom is -0.496 e. The van der Waals surface area contributed by atoms with E-state index in [0.717, 1.165) is 12.1 Å². The van der Waals surface area contributed by atoms with E-state index in [4.69, 9.17) is 9.57 Å². The molecule has 0 saturated carbocycles. The van der Waals surface area contributed by atoms with Crippen molar-refractivity contribution in [1.29, 1.82) is 0 Å². The number of anilines is 1. The molecule has 0 radical (unpaired) electrons. The summed E-state index contributed by atoms with van der Waals surface area (Å²) in [5.41, 5.74) is 0.434. The zero-order valence-corrected chi connectivity index (χ0v) is 13.7. The SMILES string of the molecule is COc1ccccc1C1=NO[C@@H](C(=O)Nc2cccc(C(F)(F)F)c2)C1. The van der Waals surface area contributed by atoms with Crippen LogP contribution in [0.2, 0.25) is 0 Å². The first-order valence-electron chi connectivity index (χ1n) is 7.72. The number of halogens is 3. The molecule has 0 aliphatic carbocycles. The molecule has 0 fully saturated rings. The molecule has 1 heterocycles. The Balaban J connectivity index is 1.68. The number of nitrogens with zero attached hydrogens (tertiary/aromatic N) is 1. The summed E-state index contributed by atoms with van der Waals surface area (Å²) in [5, 5.41) is 6.34. The molecule has 3 rings (SSSR count). The third kappa shape index (κ3) is 3.79. The second kappa shape index (κ2) is 7.07. The number of carbonyl (C=O) groups is 1. The summed E-state index contributed by atoms with van der Waals surface area (Å²) in [6.07, 6.45) is -5.22. The van der Waals surface area contributed by atoms with Crippen molar-refractivity contribution in [1.82, 2.24) is 0 Å². The van der Waals surface area contributed by atoms with Gasteiger partial charge in [-0.2, -0.15) is 13.2 Å². The topological polar surface area (TPSA) is 59.9 Å². The number of ether oxygens (including phenoxy) is 1. The third-order valence-electron chi connectivity index (χ3n) is 3.84. The van der Waals surface area contributed by atoms with Crippen LogP contribution in [0.15, 0.2) is 53.7 Å². The molecule has 0 bridgehead atoms. The number of hydrogen-bond acceptors (Lipinski definition) is 4. The lowest BCUT2D eigenvalue weighted by Gasteiger charge is -2.12. The highest BCUT2D eigenvalue weighted by Gasteiger charge is 2.32. The predicted octanol–water partition coefficient (Wildman–Crippen LogP) is 3.85. The Kier molecular flexibility index (Phi) is 4.83. The van der Waals surface area contributed by atoms with Crippen LogP contribution in [-0.2, 0) is 15.8 Å². The van der Waals surface area contributed by atoms with Crippen LogP contribution in [0.3, 0.4) is 0 Å². The van der Waals surface area contributed by atoms with E-state index in [1.165, 1.54) is 19.2 Å². The minimum atomic E-state index is -4.48. The molecular formula is C18H15F3N2O3. The van der Waals surface area contributed by atoms with Crippen LogP contribution in [-0.4, -0.2) is 24.8 Å². The predicted molar refractivity (Wildman–Crippen MR) is 89.1 cm³/mol. The van der Waals surface area contributed by atoms with Gasteiger partial charge in [-0.05, 0) is 30.3 Å². The van der Waals surface area contributed by atoms with Gasteiger partial charge in [-0.15, -0.1) is 0 Å². The number of alkyl halides is 3. The first-order chi connectivity index (χ1) is 12.4. The molecule has 0 saturated heterocycles. The fourth-order valence-corrected chi connectivity index (χ4v) is 2.56. The van der Waals surface area contributed by atoms with Gasteiger partial charge in [-0.25, -0.2) is 0 Å². The third-order valence-corrected chi connectivity index (χ3v) is 3.84. The van der Waals surface area contributed by atoms with E-state index in [0.29, 0.717) is 17.0 Å². The van der Waals surface area contributed by atoms with Crippen LogP contribution in [0, 0.1) is 0 Å². The smallest absolute Gasteiger partial charge is 0.416 e. The first kappa shape index (κ1) is 17.8. The number of rotatable bonds is 4. The second-order valence-electron chi connectivity index (χ2n) is 5.60. The van der Waals surface area contributed by atoms with Gasteiger partial charge >= 0.3 is 6.18 Å². The van der Waals surface area contributed by atoms with Crippen molar-refractivity contribution in [2.45, 2.75) is 18.7 Å². The minimum absolute atomic E-state index is 0.0409. The summed E-state index contributed by atoms with van der Waals surface area (Å²) in [4.78, 5) is 17.4. The van der Waals surface area contributed by atoms with Gasteiger partial charge in [0.2, 0.25) is 6.10 Å². The van der Waals surface area contributed by atoms with Crippen LogP contribution < -0.4 is 10.1 Å². The molecule has 2 aromatic rings. The van der Waals surface area contributed by atoms with Crippen molar-refractivity contribution >= 4 is 17.3 Å². The van der Waals surface area contributed by atoms with Gasteiger partial charge in [0.15, 0.2) is 0 Å². The summed E-state index contributed by atoms with van der Waals surface area (Å²) in [5.74, 6) is 0.0201. The Morgan fingerprint density at radius 1 is 1.23 bits per heavy atom. The van der Waals surface area contributed by atoms with E-state index in [-0.39, 0.29) is 12.1 Å². The summed E-state index contributed by atoms with van der Waals surface area (Å²) in [7, 11) is 1.52. The highest BCUT2D eigenvalue weighted by molar-refractivity contribution is 6.07. The summed E-state index contributed by atoms with van der Waals surface area (Å²) in [6, 6.07) is 11.6. The molecule has 1 aliphatic rings. The second-order valence-corrected chi connectivity index (χ2v) is 5.60. The average molecular weight is 364 g/mol. The zero-order chi connectivity index (χ0) is 18.7. The molecule has 1 atom stereocenters. The average Bonchev–Trinajstić information content (AvgIpc) is 3.11. The number of oxime groups is 1. The molecule has 8 heteroatoms. The van der Waals surface area contributed by atoms with Gasteiger partial charge < -0.3 is 14.9 Å². The fraction of sp³-hybridized carbons (Fsp3) is 0.222. The molecule has 136 valence electrons. The van der Waals surface area contributed by atoms with Gasteiger partial charge in [0.05, 0.1) is 18.4 Å². The van der Waals surface area contributed by atoms with Crippen LogP contribution >= 0.6 is 0 Å². The number of carbonyl (C=O) groups excluding carboxylic acids is 1. The monoisotopic (exact) mass is 364 g/mol. The lowest BCUT2D eigenvalue weighted by molar-refractivity contribution is -0.137. The molecule has 5 nitrogen and oxygen atoms in total. The van der Waals surface area contributed by atoms with Gasteiger partial charge in [-0.1, -0.05) is 23.4 Å². The number of hydrogen-bond donors (Lipinski definition) is 1. The van der Waals surface area contributed by atoms with Crippen molar-refractivity contribution in [3.63, 3.8) is 0 Å². The Morgan fingerprint density at radius 3 is 2.73 bits per heavy atom. The fourth-order valence-electron chi connectivity index (χ4n) is 2.56. The number of benzene rings is 2. The van der Waals surface area contributed by atoms with Crippen LogP contribution in [0.5, 0.6) is 5.75 Å². The molecule has 26 heavy (non-hydrogen) atoms. The maximum Gasteiger partial charge on any atom is 0.416 e. The zero-order valence-electron chi connectivity index (χ0n) is 13.7. The lowest BCUT2D eigenvalue weighted by atomic mass is 10.0. The highest BCUT2D eigenvalue weighted by atomic mass is 19.4. The van der Waals surface area contributed by atoms with Crippen molar-refractivity contribution in [3.05, 3.63) is 59.7 Å². The largest absolute Gasteiger partial charge is 0.496 e. The van der Waals surface area contributed by atoms with E-state index < -0.39 is 23.8 Å². The Bertz CT molecular complexity index is 850. The highest BCUT2D eigenvalue weighted by Crippen LogP contribution is 2.31. The Hall–Kier alpha value is -3.03. The van der Waals surface area contributed by atoms with Gasteiger partial charge in [0.25, 0.3) is 5.91 Å².